The molecule has 3 rings (SSSR count). The summed E-state index contributed by atoms with van der Waals surface area (Å²) in [6.45, 7) is 0.570. The molecule has 7 heteroatoms. The van der Waals surface area contributed by atoms with Gasteiger partial charge in [0.15, 0.2) is 11.6 Å². The molecule has 0 spiro atoms. The van der Waals surface area contributed by atoms with E-state index in [1.54, 1.807) is 48.3 Å². The minimum atomic E-state index is -0.423. The van der Waals surface area contributed by atoms with Gasteiger partial charge in [0.25, 0.3) is 5.56 Å². The maximum absolute atomic E-state index is 13.5. The molecule has 1 amide bonds. The number of nitrogens with one attached hydrogen (secondary N) is 1. The molecule has 0 saturated carbocycles. The van der Waals surface area contributed by atoms with Crippen molar-refractivity contribution in [1.29, 1.82) is 0 Å². The number of hydrogen-bond donors (Lipinski definition) is 1. The zero-order chi connectivity index (χ0) is 19.9. The Labute approximate surface area is 162 Å². The lowest BCUT2D eigenvalue weighted by Gasteiger charge is -2.17. The van der Waals surface area contributed by atoms with Crippen molar-refractivity contribution in [3.05, 3.63) is 70.5 Å². The molecule has 0 unspecified atom stereocenters. The largest absolute Gasteiger partial charge is 0.489 e. The number of fused-ring (bicyclic) bond motifs is 1. The fourth-order valence-electron chi connectivity index (χ4n) is 2.83. The Bertz CT molecular complexity index is 1020. The number of para-hydroxylation sites is 2. The number of ether oxygens (including phenoxy) is 1. The molecule has 3 aromatic rings. The Morgan fingerprint density at radius 1 is 1.18 bits per heavy atom. The lowest BCUT2D eigenvalue weighted by Crippen LogP contribution is -2.30. The van der Waals surface area contributed by atoms with Crippen molar-refractivity contribution in [3.63, 3.8) is 0 Å². The van der Waals surface area contributed by atoms with Crippen LogP contribution in [0.15, 0.2) is 53.3 Å². The van der Waals surface area contributed by atoms with Gasteiger partial charge in [-0.25, -0.2) is 9.37 Å². The van der Waals surface area contributed by atoms with Crippen LogP contribution in [0.4, 0.5) is 4.39 Å². The molecule has 0 aliphatic heterocycles. The standard InChI is InChI=1S/C21H22FN3O3/c1-25(13-14-28-18-10-5-3-8-16(18)22)20(26)12-6-11-19-23-17-9-4-2-7-15(17)21(27)24-19/h2-5,7-10H,6,11-14H2,1H3,(H,23,24,27). The van der Waals surface area contributed by atoms with Crippen molar-refractivity contribution >= 4 is 16.8 Å². The van der Waals surface area contributed by atoms with E-state index in [1.165, 1.54) is 6.07 Å². The summed E-state index contributed by atoms with van der Waals surface area (Å²) in [5, 5.41) is 0.553. The molecule has 0 radical (unpaired) electrons. The minimum absolute atomic E-state index is 0.0414. The van der Waals surface area contributed by atoms with Crippen molar-refractivity contribution < 1.29 is 13.9 Å². The second-order valence-electron chi connectivity index (χ2n) is 6.48. The van der Waals surface area contributed by atoms with Crippen LogP contribution >= 0.6 is 0 Å². The van der Waals surface area contributed by atoms with Gasteiger partial charge < -0.3 is 14.6 Å². The number of benzene rings is 2. The number of nitrogens with zero attached hydrogens (tertiary/aromatic N) is 2. The molecule has 1 heterocycles. The monoisotopic (exact) mass is 383 g/mol. The van der Waals surface area contributed by atoms with E-state index in [2.05, 4.69) is 9.97 Å². The number of aromatic amines is 1. The first-order chi connectivity index (χ1) is 13.5. The van der Waals surface area contributed by atoms with E-state index in [9.17, 15) is 14.0 Å². The van der Waals surface area contributed by atoms with Crippen molar-refractivity contribution in [3.8, 4) is 5.75 Å². The summed E-state index contributed by atoms with van der Waals surface area (Å²) in [7, 11) is 1.68. The molecular weight excluding hydrogens is 361 g/mol. The van der Waals surface area contributed by atoms with E-state index in [0.29, 0.717) is 42.5 Å². The predicted molar refractivity (Wildman–Crippen MR) is 105 cm³/mol. The number of hydrogen-bond acceptors (Lipinski definition) is 4. The van der Waals surface area contributed by atoms with Crippen LogP contribution in [0.5, 0.6) is 5.75 Å². The Balaban J connectivity index is 1.45. The molecule has 0 saturated heterocycles. The summed E-state index contributed by atoms with van der Waals surface area (Å²) in [6, 6.07) is 13.3. The van der Waals surface area contributed by atoms with Crippen molar-refractivity contribution in [2.45, 2.75) is 19.3 Å². The fraction of sp³-hybridized carbons (Fsp3) is 0.286. The van der Waals surface area contributed by atoms with E-state index < -0.39 is 5.82 Å². The van der Waals surface area contributed by atoms with Crippen LogP contribution in [0.2, 0.25) is 0 Å². The molecule has 0 aliphatic carbocycles. The molecule has 2 aromatic carbocycles. The lowest BCUT2D eigenvalue weighted by molar-refractivity contribution is -0.130. The number of aryl methyl sites for hydroxylation is 1. The number of rotatable bonds is 8. The summed E-state index contributed by atoms with van der Waals surface area (Å²) >= 11 is 0. The molecule has 1 N–H and O–H groups in total. The third-order valence-corrected chi connectivity index (χ3v) is 4.41. The zero-order valence-electron chi connectivity index (χ0n) is 15.7. The van der Waals surface area contributed by atoms with E-state index in [-0.39, 0.29) is 23.8 Å². The first kappa shape index (κ1) is 19.5. The topological polar surface area (TPSA) is 75.3 Å². The van der Waals surface area contributed by atoms with Crippen LogP contribution in [0, 0.1) is 5.82 Å². The van der Waals surface area contributed by atoms with Crippen molar-refractivity contribution in [1.82, 2.24) is 14.9 Å². The van der Waals surface area contributed by atoms with Crippen LogP contribution in [-0.4, -0.2) is 41.0 Å². The van der Waals surface area contributed by atoms with E-state index in [1.807, 2.05) is 6.07 Å². The second kappa shape index (κ2) is 9.12. The fourth-order valence-corrected chi connectivity index (χ4v) is 2.83. The van der Waals surface area contributed by atoms with Gasteiger partial charge in [-0.2, -0.15) is 0 Å². The normalized spacial score (nSPS) is 10.8. The number of aromatic nitrogens is 2. The molecule has 28 heavy (non-hydrogen) atoms. The van der Waals surface area contributed by atoms with Crippen LogP contribution < -0.4 is 10.3 Å². The molecule has 0 aliphatic rings. The molecular formula is C21H22FN3O3. The molecule has 146 valence electrons. The second-order valence-corrected chi connectivity index (χ2v) is 6.48. The lowest BCUT2D eigenvalue weighted by atomic mass is 10.2. The first-order valence-corrected chi connectivity index (χ1v) is 9.14. The molecule has 0 bridgehead atoms. The number of amides is 1. The Morgan fingerprint density at radius 3 is 2.75 bits per heavy atom. The summed E-state index contributed by atoms with van der Waals surface area (Å²) < 4.78 is 18.9. The minimum Gasteiger partial charge on any atom is -0.489 e. The Hall–Kier alpha value is -3.22. The average Bonchev–Trinajstić information content (AvgIpc) is 2.69. The van der Waals surface area contributed by atoms with E-state index in [4.69, 9.17) is 4.74 Å². The average molecular weight is 383 g/mol. The first-order valence-electron chi connectivity index (χ1n) is 9.14. The third kappa shape index (κ3) is 4.94. The van der Waals surface area contributed by atoms with Gasteiger partial charge in [-0.15, -0.1) is 0 Å². The van der Waals surface area contributed by atoms with Gasteiger partial charge >= 0.3 is 0 Å². The maximum atomic E-state index is 13.5. The summed E-state index contributed by atoms with van der Waals surface area (Å²) in [5.74, 6) is 0.283. The number of halogens is 1. The van der Waals surface area contributed by atoms with Crippen LogP contribution in [0.3, 0.4) is 0 Å². The van der Waals surface area contributed by atoms with Gasteiger partial charge in [-0.1, -0.05) is 24.3 Å². The number of carbonyl (C=O) groups is 1. The van der Waals surface area contributed by atoms with Gasteiger partial charge in [0.2, 0.25) is 5.91 Å². The molecule has 0 atom stereocenters. The predicted octanol–water partition coefficient (Wildman–Crippen LogP) is 2.92. The summed E-state index contributed by atoms with van der Waals surface area (Å²) in [5.41, 5.74) is 0.476. The van der Waals surface area contributed by atoms with Crippen LogP contribution in [-0.2, 0) is 11.2 Å². The highest BCUT2D eigenvalue weighted by Crippen LogP contribution is 2.15. The quantitative estimate of drug-likeness (QED) is 0.649. The Kier molecular flexibility index (Phi) is 6.37. The highest BCUT2D eigenvalue weighted by atomic mass is 19.1. The molecule has 6 nitrogen and oxygen atoms in total. The van der Waals surface area contributed by atoms with Gasteiger partial charge in [0.05, 0.1) is 17.4 Å². The van der Waals surface area contributed by atoms with Crippen molar-refractivity contribution in [2.75, 3.05) is 20.2 Å². The van der Waals surface area contributed by atoms with Gasteiger partial charge in [-0.05, 0) is 30.7 Å². The number of carbonyl (C=O) groups excluding carboxylic acids is 1. The van der Waals surface area contributed by atoms with E-state index >= 15 is 0 Å². The van der Waals surface area contributed by atoms with Crippen LogP contribution in [0.25, 0.3) is 10.9 Å². The third-order valence-electron chi connectivity index (χ3n) is 4.41. The highest BCUT2D eigenvalue weighted by Gasteiger charge is 2.10. The highest BCUT2D eigenvalue weighted by molar-refractivity contribution is 5.77. The molecule has 1 aromatic heterocycles. The number of likely N-dealkylation sites (N-methyl/N-ethyl adjacent to an activating group) is 1. The summed E-state index contributed by atoms with van der Waals surface area (Å²) in [6.07, 6.45) is 1.40. The maximum Gasteiger partial charge on any atom is 0.258 e. The van der Waals surface area contributed by atoms with Gasteiger partial charge in [0.1, 0.15) is 12.4 Å². The van der Waals surface area contributed by atoms with E-state index in [0.717, 1.165) is 0 Å². The number of H-pyrrole nitrogens is 1. The molecule has 0 fully saturated rings. The Morgan fingerprint density at radius 2 is 1.93 bits per heavy atom. The zero-order valence-corrected chi connectivity index (χ0v) is 15.7. The van der Waals surface area contributed by atoms with Crippen LogP contribution in [0.1, 0.15) is 18.7 Å². The smallest absolute Gasteiger partial charge is 0.258 e. The van der Waals surface area contributed by atoms with Gasteiger partial charge in [0, 0.05) is 19.9 Å². The SMILES string of the molecule is CN(CCOc1ccccc1F)C(=O)CCCc1nc2ccccc2c(=O)[nH]1. The summed E-state index contributed by atoms with van der Waals surface area (Å²) in [4.78, 5) is 33.0. The van der Waals surface area contributed by atoms with Crippen molar-refractivity contribution in [2.24, 2.45) is 0 Å². The van der Waals surface area contributed by atoms with Gasteiger partial charge in [-0.3, -0.25) is 9.59 Å².